The average Bonchev–Trinajstić information content (AvgIpc) is 2.98. The second-order valence-corrected chi connectivity index (χ2v) is 6.63. The normalized spacial score (nSPS) is 18.2. The number of amides is 1. The summed E-state index contributed by atoms with van der Waals surface area (Å²) in [5, 5.41) is 2.08. The molecule has 0 spiro atoms. The topological polar surface area (TPSA) is 46.3 Å². The third-order valence-corrected chi connectivity index (χ3v) is 5.21. The second-order valence-electron chi connectivity index (χ2n) is 5.60. The highest BCUT2D eigenvalue weighted by Gasteiger charge is 2.39. The first kappa shape index (κ1) is 14.5. The van der Waals surface area contributed by atoms with Crippen molar-refractivity contribution in [3.63, 3.8) is 0 Å². The molecule has 3 nitrogen and oxygen atoms in total. The Morgan fingerprint density at radius 1 is 1.42 bits per heavy atom. The fourth-order valence-corrected chi connectivity index (χ4v) is 3.67. The second kappa shape index (κ2) is 6.53. The average molecular weight is 280 g/mol. The van der Waals surface area contributed by atoms with Gasteiger partial charge in [-0.2, -0.15) is 0 Å². The van der Waals surface area contributed by atoms with E-state index >= 15 is 0 Å². The summed E-state index contributed by atoms with van der Waals surface area (Å²) in [7, 11) is 1.92. The predicted octanol–water partition coefficient (Wildman–Crippen LogP) is 2.66. The number of rotatable bonds is 5. The Kier molecular flexibility index (Phi) is 4.99. The van der Waals surface area contributed by atoms with Crippen LogP contribution in [0.5, 0.6) is 0 Å². The number of nitrogens with two attached hydrogens (primary N) is 1. The number of carbonyl (C=O) groups excluding carboxylic acids is 1. The van der Waals surface area contributed by atoms with Gasteiger partial charge in [0.2, 0.25) is 5.91 Å². The summed E-state index contributed by atoms with van der Waals surface area (Å²) in [6, 6.07) is 4.19. The molecule has 1 amide bonds. The lowest BCUT2D eigenvalue weighted by Gasteiger charge is -2.37. The molecule has 0 unspecified atom stereocenters. The van der Waals surface area contributed by atoms with E-state index in [1.165, 1.54) is 11.3 Å². The lowest BCUT2D eigenvalue weighted by molar-refractivity contribution is -0.142. The molecule has 4 heteroatoms. The van der Waals surface area contributed by atoms with E-state index in [9.17, 15) is 4.79 Å². The van der Waals surface area contributed by atoms with Crippen molar-refractivity contribution in [1.29, 1.82) is 0 Å². The van der Waals surface area contributed by atoms with Gasteiger partial charge in [-0.1, -0.05) is 25.3 Å². The minimum Gasteiger partial charge on any atom is -0.345 e. The molecule has 1 fully saturated rings. The number of thiophene rings is 1. The van der Waals surface area contributed by atoms with Crippen molar-refractivity contribution >= 4 is 17.2 Å². The van der Waals surface area contributed by atoms with Crippen LogP contribution >= 0.6 is 11.3 Å². The van der Waals surface area contributed by atoms with E-state index in [0.717, 1.165) is 38.6 Å². The van der Waals surface area contributed by atoms with Crippen LogP contribution in [0.1, 0.15) is 37.0 Å². The van der Waals surface area contributed by atoms with E-state index in [-0.39, 0.29) is 11.3 Å². The standard InChI is InChI=1S/C15H24N2OS/c1-17(10-7-13-6-5-11-19-13)14(18)15(12-16)8-3-2-4-9-15/h5-6,11H,2-4,7-10,12,16H2,1H3. The van der Waals surface area contributed by atoms with E-state index in [2.05, 4.69) is 17.5 Å². The van der Waals surface area contributed by atoms with Gasteiger partial charge >= 0.3 is 0 Å². The van der Waals surface area contributed by atoms with Crippen LogP contribution in [0.2, 0.25) is 0 Å². The maximum absolute atomic E-state index is 12.7. The smallest absolute Gasteiger partial charge is 0.229 e. The Balaban J connectivity index is 1.93. The van der Waals surface area contributed by atoms with Gasteiger partial charge in [-0.05, 0) is 30.7 Å². The molecule has 1 aliphatic rings. The monoisotopic (exact) mass is 280 g/mol. The predicted molar refractivity (Wildman–Crippen MR) is 80.2 cm³/mol. The zero-order valence-corrected chi connectivity index (χ0v) is 12.5. The van der Waals surface area contributed by atoms with Gasteiger partial charge in [-0.15, -0.1) is 11.3 Å². The van der Waals surface area contributed by atoms with Crippen molar-refractivity contribution in [1.82, 2.24) is 4.90 Å². The van der Waals surface area contributed by atoms with E-state index in [1.54, 1.807) is 11.3 Å². The van der Waals surface area contributed by atoms with Gasteiger partial charge in [0, 0.05) is 25.0 Å². The number of carbonyl (C=O) groups is 1. The van der Waals surface area contributed by atoms with Gasteiger partial charge < -0.3 is 10.6 Å². The van der Waals surface area contributed by atoms with Gasteiger partial charge in [0.25, 0.3) is 0 Å². The highest BCUT2D eigenvalue weighted by molar-refractivity contribution is 7.09. The molecule has 19 heavy (non-hydrogen) atoms. The molecule has 1 aliphatic carbocycles. The molecule has 2 N–H and O–H groups in total. The van der Waals surface area contributed by atoms with Crippen molar-refractivity contribution < 1.29 is 4.79 Å². The Morgan fingerprint density at radius 3 is 2.74 bits per heavy atom. The van der Waals surface area contributed by atoms with Gasteiger partial charge in [-0.25, -0.2) is 0 Å². The Labute approximate surface area is 119 Å². The molecule has 0 aliphatic heterocycles. The summed E-state index contributed by atoms with van der Waals surface area (Å²) in [6.45, 7) is 1.29. The summed E-state index contributed by atoms with van der Waals surface area (Å²) in [4.78, 5) is 15.9. The maximum atomic E-state index is 12.7. The van der Waals surface area contributed by atoms with Crippen LogP contribution in [0.4, 0.5) is 0 Å². The zero-order chi connectivity index (χ0) is 13.7. The third-order valence-electron chi connectivity index (χ3n) is 4.28. The molecule has 0 bridgehead atoms. The van der Waals surface area contributed by atoms with Crippen LogP contribution < -0.4 is 5.73 Å². The fourth-order valence-electron chi connectivity index (χ4n) is 2.97. The number of nitrogens with zero attached hydrogens (tertiary/aromatic N) is 1. The van der Waals surface area contributed by atoms with Gasteiger partial charge in [0.05, 0.1) is 5.41 Å². The molecule has 1 heterocycles. The number of hydrogen-bond acceptors (Lipinski definition) is 3. The Hall–Kier alpha value is -0.870. The van der Waals surface area contributed by atoms with Crippen LogP contribution in [-0.4, -0.2) is 30.9 Å². The number of likely N-dealkylation sites (N-methyl/N-ethyl adjacent to an activating group) is 1. The molecule has 0 saturated heterocycles. The molecule has 2 rings (SSSR count). The van der Waals surface area contributed by atoms with Gasteiger partial charge in [0.15, 0.2) is 0 Å². The minimum atomic E-state index is -0.275. The first-order valence-electron chi connectivity index (χ1n) is 7.16. The van der Waals surface area contributed by atoms with Crippen molar-refractivity contribution in [3.05, 3.63) is 22.4 Å². The van der Waals surface area contributed by atoms with Crippen LogP contribution in [0.3, 0.4) is 0 Å². The van der Waals surface area contributed by atoms with Crippen molar-refractivity contribution in [3.8, 4) is 0 Å². The molecule has 0 aromatic carbocycles. The van der Waals surface area contributed by atoms with Crippen molar-refractivity contribution in [2.45, 2.75) is 38.5 Å². The van der Waals surface area contributed by atoms with E-state index in [0.29, 0.717) is 6.54 Å². The van der Waals surface area contributed by atoms with Gasteiger partial charge in [-0.3, -0.25) is 4.79 Å². The highest BCUT2D eigenvalue weighted by Crippen LogP contribution is 2.36. The molecule has 0 radical (unpaired) electrons. The van der Waals surface area contributed by atoms with Crippen LogP contribution in [0, 0.1) is 5.41 Å². The Bertz CT molecular complexity index is 396. The zero-order valence-electron chi connectivity index (χ0n) is 11.7. The summed E-state index contributed by atoms with van der Waals surface area (Å²) < 4.78 is 0. The molecule has 0 atom stereocenters. The number of hydrogen-bond donors (Lipinski definition) is 1. The van der Waals surface area contributed by atoms with Crippen LogP contribution in [0.25, 0.3) is 0 Å². The van der Waals surface area contributed by atoms with E-state index in [4.69, 9.17) is 5.73 Å². The first-order valence-corrected chi connectivity index (χ1v) is 8.04. The molecular formula is C15H24N2OS. The Morgan fingerprint density at radius 2 is 2.16 bits per heavy atom. The van der Waals surface area contributed by atoms with Crippen molar-refractivity contribution in [2.75, 3.05) is 20.1 Å². The van der Waals surface area contributed by atoms with E-state index < -0.39 is 0 Å². The molecule has 1 saturated carbocycles. The summed E-state index contributed by atoms with van der Waals surface area (Å²) >= 11 is 1.75. The lowest BCUT2D eigenvalue weighted by atomic mass is 9.73. The summed E-state index contributed by atoms with van der Waals surface area (Å²) in [5.41, 5.74) is 5.65. The summed E-state index contributed by atoms with van der Waals surface area (Å²) in [5.74, 6) is 0.256. The summed E-state index contributed by atoms with van der Waals surface area (Å²) in [6.07, 6.45) is 6.40. The fraction of sp³-hybridized carbons (Fsp3) is 0.667. The molecule has 1 aromatic rings. The molecule has 106 valence electrons. The van der Waals surface area contributed by atoms with Crippen LogP contribution in [0.15, 0.2) is 17.5 Å². The molecular weight excluding hydrogens is 256 g/mol. The van der Waals surface area contributed by atoms with Gasteiger partial charge in [0.1, 0.15) is 0 Å². The molecule has 1 aromatic heterocycles. The quantitative estimate of drug-likeness (QED) is 0.901. The lowest BCUT2D eigenvalue weighted by Crippen LogP contribution is -2.48. The van der Waals surface area contributed by atoms with Crippen LogP contribution in [-0.2, 0) is 11.2 Å². The first-order chi connectivity index (χ1) is 9.18. The van der Waals surface area contributed by atoms with E-state index in [1.807, 2.05) is 11.9 Å². The maximum Gasteiger partial charge on any atom is 0.229 e. The third kappa shape index (κ3) is 3.37. The largest absolute Gasteiger partial charge is 0.345 e. The SMILES string of the molecule is CN(CCc1cccs1)C(=O)C1(CN)CCCCC1. The minimum absolute atomic E-state index is 0.256. The van der Waals surface area contributed by atoms with Crippen molar-refractivity contribution in [2.24, 2.45) is 11.1 Å². The highest BCUT2D eigenvalue weighted by atomic mass is 32.1.